The largest absolute Gasteiger partial charge is 0.393 e. The van der Waals surface area contributed by atoms with Crippen molar-refractivity contribution < 1.29 is 185 Å². The standard InChI is InChI=1S/C107H160O38/c1-45(44-108)14-15-48-22-24-99(5)77(122-48)20-21-78-103(9,143-99)42-85-101(7,139-78)43-86-107(13,141-85)97(121)95-72(133-86)34-67-74(137-95)39-102(8)80(132-67)37-81-104(10,144-102)41-84-100(6,140-81)40-76(115)106(12)83(138-84)38-82-105(11,145-106)75(114)35-68-56(130-82)19-18-55-60(126-68)30-61-57(124-55)23-25-98(4)79(131-61)36-73-94(142-98)91(120)89(118)69(129-73)26-49(110)87(116)96-88(117)50(111)27-70(136-96)90(119)93-52(113)29-59-65(135-93)31-63-62(125-59)32-66-64(127-63)33-71-92(134-66)51(112)28-58(128-71)54-17-16-53(123-54)46(2)47(3)109/h14,16-17,22,24,44,46-97,109-121H,15,18-21,23,25-43H2,1-13H3. The Labute approximate surface area is 846 Å². The van der Waals surface area contributed by atoms with Gasteiger partial charge in [-0.1, -0.05) is 37.3 Å². The van der Waals surface area contributed by atoms with Crippen molar-refractivity contribution in [3.63, 3.8) is 0 Å². The molecule has 816 valence electrons. The lowest BCUT2D eigenvalue weighted by Gasteiger charge is -2.65. The van der Waals surface area contributed by atoms with Crippen LogP contribution in [0, 0.1) is 5.92 Å². The van der Waals surface area contributed by atoms with Gasteiger partial charge in [0, 0.05) is 121 Å². The molecule has 0 bridgehead atoms. The van der Waals surface area contributed by atoms with E-state index in [0.717, 1.165) is 6.29 Å². The molecule has 62 unspecified atom stereocenters. The van der Waals surface area contributed by atoms with Crippen LogP contribution in [0.2, 0.25) is 0 Å². The number of hydrogen-bond acceptors (Lipinski definition) is 38. The maximum absolute atomic E-state index is 12.9. The lowest BCUT2D eigenvalue weighted by Crippen LogP contribution is -2.77. The predicted octanol–water partition coefficient (Wildman–Crippen LogP) is 2.66. The predicted molar refractivity (Wildman–Crippen MR) is 500 cm³/mol. The zero-order valence-corrected chi connectivity index (χ0v) is 85.7. The first-order valence-electron chi connectivity index (χ1n) is 55.0. The fraction of sp³-hybridized carbons (Fsp3) is 0.935. The molecule has 24 aliphatic rings. The molecule has 38 nitrogen and oxygen atoms in total. The lowest BCUT2D eigenvalue weighted by atomic mass is 9.68. The summed E-state index contributed by atoms with van der Waals surface area (Å²) >= 11 is 0. The van der Waals surface area contributed by atoms with E-state index in [9.17, 15) is 71.2 Å². The van der Waals surface area contributed by atoms with E-state index in [-0.39, 0.29) is 81.1 Å². The zero-order chi connectivity index (χ0) is 101. The van der Waals surface area contributed by atoms with Gasteiger partial charge in [0.1, 0.15) is 102 Å². The van der Waals surface area contributed by atoms with E-state index in [1.807, 2.05) is 65.8 Å². The van der Waals surface area contributed by atoms with Gasteiger partial charge in [-0.2, -0.15) is 0 Å². The summed E-state index contributed by atoms with van der Waals surface area (Å²) < 4.78 is 167. The minimum atomic E-state index is -1.96. The molecule has 0 saturated carbocycles. The molecule has 24 heterocycles. The summed E-state index contributed by atoms with van der Waals surface area (Å²) in [5.41, 5.74) is -9.26. The Kier molecular flexibility index (Phi) is 27.2. The molecule has 0 radical (unpaired) electrons. The van der Waals surface area contributed by atoms with Gasteiger partial charge >= 0.3 is 0 Å². The molecule has 13 N–H and O–H groups in total. The number of rotatable bonds is 12. The third kappa shape index (κ3) is 17.8. The highest BCUT2D eigenvalue weighted by Gasteiger charge is 2.74. The Morgan fingerprint density at radius 2 is 0.917 bits per heavy atom. The summed E-state index contributed by atoms with van der Waals surface area (Å²) in [6.07, 6.45) is -21.5. The number of fused-ring (bicyclic) bond motifs is 20. The van der Waals surface area contributed by atoms with E-state index >= 15 is 0 Å². The number of carbonyl (C=O) groups excluding carboxylic acids is 1. The van der Waals surface area contributed by atoms with E-state index in [0.29, 0.717) is 121 Å². The van der Waals surface area contributed by atoms with Crippen molar-refractivity contribution >= 4 is 6.29 Å². The second-order valence-electron chi connectivity index (χ2n) is 50.8. The van der Waals surface area contributed by atoms with Crippen LogP contribution in [-0.4, -0.2) is 440 Å². The van der Waals surface area contributed by atoms with Gasteiger partial charge < -0.3 is 180 Å². The van der Waals surface area contributed by atoms with Gasteiger partial charge in [0.2, 0.25) is 0 Å². The summed E-state index contributed by atoms with van der Waals surface area (Å²) in [6, 6.07) is 0. The number of ether oxygens (including phenoxy) is 24. The van der Waals surface area contributed by atoms with Crippen LogP contribution >= 0.6 is 0 Å². The van der Waals surface area contributed by atoms with Crippen molar-refractivity contribution in [3.05, 3.63) is 36.0 Å². The SMILES string of the molecule is CC(C=O)=CCC1C=CC2(C)OC3(C)CC4OC5(C)C(CC4(C)OC3CCC2O1)OC1CC2OC3CC4OC6(C)CC(O)C7(C)OC8(C)C(O)CC9OC%10CC%11OC%12CC%13OC(CC(O)C(O)C%14OC(C(O)C%15OC%16CC%17OC%18CC%19OC(C%20C=CC(C(C)C(C)O)O%20)CC(O)C%19OC%18CC%17OC%16CC%15O)CC(O)C%14O)C(O)C(O)C%13OC%12(C)CCC%11OC%10CCC9OC8CC7OC6CC4(C)OC3(C)CC2OC1C5O. The third-order valence-electron chi connectivity index (χ3n) is 40.6. The van der Waals surface area contributed by atoms with Gasteiger partial charge in [-0.05, 0) is 134 Å². The maximum Gasteiger partial charge on any atom is 0.145 e. The summed E-state index contributed by atoms with van der Waals surface area (Å²) in [5, 5.41) is 155. The molecule has 0 spiro atoms. The second-order valence-corrected chi connectivity index (χ2v) is 50.8. The molecule has 22 saturated heterocycles. The topological polar surface area (TPSA) is 502 Å². The smallest absolute Gasteiger partial charge is 0.145 e. The van der Waals surface area contributed by atoms with Crippen LogP contribution in [0.5, 0.6) is 0 Å². The monoisotopic (exact) mass is 2050 g/mol. The van der Waals surface area contributed by atoms with Gasteiger partial charge in [-0.15, -0.1) is 0 Å². The molecule has 24 aliphatic heterocycles. The van der Waals surface area contributed by atoms with E-state index < -0.39 is 337 Å². The molecule has 0 amide bonds. The van der Waals surface area contributed by atoms with E-state index in [2.05, 4.69) is 40.7 Å². The minimum Gasteiger partial charge on any atom is -0.393 e. The molecule has 0 aromatic rings. The fourth-order valence-corrected chi connectivity index (χ4v) is 31.4. The molecule has 62 atom stereocenters. The first-order valence-corrected chi connectivity index (χ1v) is 55.0. The highest BCUT2D eigenvalue weighted by molar-refractivity contribution is 5.72. The number of aldehydes is 1. The molecule has 0 aromatic carbocycles. The molecule has 38 heteroatoms. The maximum atomic E-state index is 12.9. The van der Waals surface area contributed by atoms with Crippen LogP contribution in [0.3, 0.4) is 0 Å². The second kappa shape index (κ2) is 37.8. The molecular formula is C107H160O38. The molecular weight excluding hydrogens is 1890 g/mol. The summed E-state index contributed by atoms with van der Waals surface area (Å²) in [6.45, 7) is 25.5. The van der Waals surface area contributed by atoms with Crippen LogP contribution in [0.15, 0.2) is 36.0 Å². The van der Waals surface area contributed by atoms with Gasteiger partial charge in [0.05, 0.1) is 272 Å². The quantitative estimate of drug-likeness (QED) is 0.0759. The first kappa shape index (κ1) is 104. The van der Waals surface area contributed by atoms with E-state index in [1.165, 1.54) is 0 Å². The number of allylic oxidation sites excluding steroid dienone is 1. The van der Waals surface area contributed by atoms with E-state index in [4.69, 9.17) is 114 Å². The highest BCUT2D eigenvalue weighted by Crippen LogP contribution is 2.62. The number of aliphatic hydroxyl groups is 13. The van der Waals surface area contributed by atoms with Crippen molar-refractivity contribution in [3.8, 4) is 0 Å². The fourth-order valence-electron chi connectivity index (χ4n) is 31.4. The summed E-state index contributed by atoms with van der Waals surface area (Å²) in [4.78, 5) is 11.4. The summed E-state index contributed by atoms with van der Waals surface area (Å²) in [7, 11) is 0. The molecule has 145 heavy (non-hydrogen) atoms. The Balaban J connectivity index is 0.385. The Morgan fingerprint density at radius 3 is 1.66 bits per heavy atom. The average Bonchev–Trinajstić information content (AvgIpc) is 1.64. The average molecular weight is 2050 g/mol. The summed E-state index contributed by atoms with van der Waals surface area (Å²) in [5.74, 6) is -0.138. The van der Waals surface area contributed by atoms with Gasteiger partial charge in [0.25, 0.3) is 0 Å². The lowest BCUT2D eigenvalue weighted by molar-refractivity contribution is -0.404. The highest BCUT2D eigenvalue weighted by atomic mass is 16.7. The van der Waals surface area contributed by atoms with Crippen LogP contribution in [0.4, 0.5) is 0 Å². The van der Waals surface area contributed by atoms with Gasteiger partial charge in [0.15, 0.2) is 0 Å². The van der Waals surface area contributed by atoms with E-state index in [1.54, 1.807) is 13.8 Å². The first-order chi connectivity index (χ1) is 68.7. The minimum absolute atomic E-state index is 0.0560. The molecule has 22 fully saturated rings. The molecule has 0 aromatic heterocycles. The van der Waals surface area contributed by atoms with Crippen LogP contribution in [-0.2, 0) is 118 Å². The number of aliphatic hydroxyl groups excluding tert-OH is 13. The number of carbonyl (C=O) groups is 1. The Morgan fingerprint density at radius 1 is 0.366 bits per heavy atom. The van der Waals surface area contributed by atoms with Crippen LogP contribution < -0.4 is 0 Å². The Bertz CT molecular complexity index is 4770. The Hall–Kier alpha value is -2.59. The molecule has 0 aliphatic carbocycles. The van der Waals surface area contributed by atoms with Crippen LogP contribution in [0.1, 0.15) is 251 Å². The zero-order valence-electron chi connectivity index (χ0n) is 85.7. The van der Waals surface area contributed by atoms with Gasteiger partial charge in [-0.25, -0.2) is 0 Å². The van der Waals surface area contributed by atoms with Crippen molar-refractivity contribution in [2.45, 2.75) is 618 Å². The molecule has 24 rings (SSSR count). The van der Waals surface area contributed by atoms with Crippen molar-refractivity contribution in [1.29, 1.82) is 0 Å². The van der Waals surface area contributed by atoms with Crippen molar-refractivity contribution in [2.75, 3.05) is 0 Å². The van der Waals surface area contributed by atoms with Gasteiger partial charge in [-0.3, -0.25) is 4.79 Å². The van der Waals surface area contributed by atoms with Crippen molar-refractivity contribution in [2.24, 2.45) is 5.92 Å². The number of hydrogen-bond donors (Lipinski definition) is 13. The normalized spacial score (nSPS) is 59.5. The third-order valence-corrected chi connectivity index (χ3v) is 40.6. The van der Waals surface area contributed by atoms with Crippen molar-refractivity contribution in [1.82, 2.24) is 0 Å². The van der Waals surface area contributed by atoms with Crippen LogP contribution in [0.25, 0.3) is 0 Å².